The summed E-state index contributed by atoms with van der Waals surface area (Å²) in [6.45, 7) is 0.141. The van der Waals surface area contributed by atoms with Crippen LogP contribution < -0.4 is 10.5 Å². The van der Waals surface area contributed by atoms with Crippen LogP contribution in [0.15, 0.2) is 23.1 Å². The second-order valence-corrected chi connectivity index (χ2v) is 6.70. The Labute approximate surface area is 121 Å². The van der Waals surface area contributed by atoms with E-state index in [1.165, 1.54) is 12.1 Å². The lowest BCUT2D eigenvalue weighted by Gasteiger charge is -2.16. The number of nitrogens with two attached hydrogens (primary N) is 1. The monoisotopic (exact) mass is 319 g/mol. The maximum Gasteiger partial charge on any atom is 0.290 e. The van der Waals surface area contributed by atoms with E-state index in [4.69, 9.17) is 17.3 Å². The molecule has 1 aliphatic rings. The summed E-state index contributed by atoms with van der Waals surface area (Å²) < 4.78 is 27.1. The van der Waals surface area contributed by atoms with Gasteiger partial charge in [-0.3, -0.25) is 10.1 Å². The largest absolute Gasteiger partial charge is 0.329 e. The van der Waals surface area contributed by atoms with Gasteiger partial charge < -0.3 is 5.73 Å². The highest BCUT2D eigenvalue weighted by atomic mass is 35.5. The van der Waals surface area contributed by atoms with Gasteiger partial charge in [0.05, 0.1) is 9.95 Å². The van der Waals surface area contributed by atoms with Gasteiger partial charge in [-0.25, -0.2) is 13.1 Å². The summed E-state index contributed by atoms with van der Waals surface area (Å²) in [5, 5.41) is 10.8. The van der Waals surface area contributed by atoms with Gasteiger partial charge in [0.15, 0.2) is 4.90 Å². The van der Waals surface area contributed by atoms with Gasteiger partial charge in [0, 0.05) is 18.7 Å². The Balaban J connectivity index is 2.40. The number of nitro groups is 1. The van der Waals surface area contributed by atoms with Crippen molar-refractivity contribution in [2.24, 2.45) is 11.7 Å². The van der Waals surface area contributed by atoms with Crippen LogP contribution in [0.25, 0.3) is 0 Å². The third-order valence-electron chi connectivity index (χ3n) is 3.16. The quantitative estimate of drug-likeness (QED) is 0.605. The second kappa shape index (κ2) is 5.65. The van der Waals surface area contributed by atoms with Gasteiger partial charge in [-0.15, -0.1) is 0 Å². The molecular formula is C11H14ClN3O4S. The molecule has 0 unspecified atom stereocenters. The lowest BCUT2D eigenvalue weighted by molar-refractivity contribution is -0.387. The summed E-state index contributed by atoms with van der Waals surface area (Å²) >= 11 is 5.82. The lowest BCUT2D eigenvalue weighted by atomic mass is 10.2. The molecule has 1 aliphatic carbocycles. The zero-order chi connectivity index (χ0) is 14.9. The molecule has 7 nitrogen and oxygen atoms in total. The Morgan fingerprint density at radius 2 is 2.15 bits per heavy atom. The van der Waals surface area contributed by atoms with Crippen LogP contribution in [0.4, 0.5) is 5.69 Å². The first-order chi connectivity index (χ1) is 9.36. The Hall–Kier alpha value is -1.22. The van der Waals surface area contributed by atoms with Crippen molar-refractivity contribution in [2.75, 3.05) is 6.54 Å². The predicted octanol–water partition coefficient (Wildman–Crippen LogP) is 1.26. The highest BCUT2D eigenvalue weighted by molar-refractivity contribution is 7.89. The van der Waals surface area contributed by atoms with Gasteiger partial charge in [-0.1, -0.05) is 17.7 Å². The van der Waals surface area contributed by atoms with E-state index in [2.05, 4.69) is 4.72 Å². The zero-order valence-corrected chi connectivity index (χ0v) is 12.0. The van der Waals surface area contributed by atoms with E-state index in [-0.39, 0.29) is 17.5 Å². The van der Waals surface area contributed by atoms with Crippen molar-refractivity contribution < 1.29 is 13.3 Å². The minimum Gasteiger partial charge on any atom is -0.329 e. The number of halogens is 1. The predicted molar refractivity (Wildman–Crippen MR) is 74.0 cm³/mol. The van der Waals surface area contributed by atoms with E-state index in [1.54, 1.807) is 0 Å². The number of hydrogen-bond acceptors (Lipinski definition) is 5. The van der Waals surface area contributed by atoms with Crippen LogP contribution in [0, 0.1) is 16.0 Å². The maximum atomic E-state index is 12.3. The van der Waals surface area contributed by atoms with E-state index in [9.17, 15) is 18.5 Å². The molecule has 0 radical (unpaired) electrons. The number of rotatable bonds is 6. The molecule has 9 heteroatoms. The van der Waals surface area contributed by atoms with Crippen molar-refractivity contribution in [1.82, 2.24) is 4.72 Å². The number of benzene rings is 1. The van der Waals surface area contributed by atoms with Crippen LogP contribution in [0.2, 0.25) is 5.02 Å². The summed E-state index contributed by atoms with van der Waals surface area (Å²) in [4.78, 5) is 9.67. The minimum atomic E-state index is -4.09. The van der Waals surface area contributed by atoms with Crippen molar-refractivity contribution in [3.63, 3.8) is 0 Å². The van der Waals surface area contributed by atoms with Crippen LogP contribution in [0.5, 0.6) is 0 Å². The Bertz CT molecular complexity index is 631. The van der Waals surface area contributed by atoms with Crippen LogP contribution >= 0.6 is 11.6 Å². The fourth-order valence-electron chi connectivity index (χ4n) is 2.00. The molecule has 3 N–H and O–H groups in total. The molecule has 1 aromatic rings. The van der Waals surface area contributed by atoms with Crippen molar-refractivity contribution in [3.05, 3.63) is 33.3 Å². The van der Waals surface area contributed by atoms with E-state index < -0.39 is 31.6 Å². The topological polar surface area (TPSA) is 115 Å². The normalized spacial score (nSPS) is 16.9. The Morgan fingerprint density at radius 3 is 2.65 bits per heavy atom. The molecule has 1 aromatic carbocycles. The van der Waals surface area contributed by atoms with Crippen LogP contribution in [0.1, 0.15) is 12.8 Å². The average Bonchev–Trinajstić information content (AvgIpc) is 3.19. The number of hydrogen-bond donors (Lipinski definition) is 2. The van der Waals surface area contributed by atoms with Gasteiger partial charge in [-0.2, -0.15) is 0 Å². The molecule has 1 saturated carbocycles. The van der Waals surface area contributed by atoms with Crippen molar-refractivity contribution >= 4 is 27.3 Å². The van der Waals surface area contributed by atoms with Crippen LogP contribution in [0.3, 0.4) is 0 Å². The zero-order valence-electron chi connectivity index (χ0n) is 10.5. The lowest BCUT2D eigenvalue weighted by Crippen LogP contribution is -2.41. The Morgan fingerprint density at radius 1 is 1.50 bits per heavy atom. The van der Waals surface area contributed by atoms with Crippen LogP contribution in [-0.2, 0) is 10.0 Å². The summed E-state index contributed by atoms with van der Waals surface area (Å²) in [6, 6.07) is 3.32. The van der Waals surface area contributed by atoms with Gasteiger partial charge in [0.25, 0.3) is 5.69 Å². The Kier molecular flexibility index (Phi) is 4.28. The van der Waals surface area contributed by atoms with E-state index in [0.29, 0.717) is 0 Å². The van der Waals surface area contributed by atoms with Gasteiger partial charge in [0.2, 0.25) is 10.0 Å². The molecule has 20 heavy (non-hydrogen) atoms. The minimum absolute atomic E-state index is 0.141. The van der Waals surface area contributed by atoms with Crippen molar-refractivity contribution in [2.45, 2.75) is 23.8 Å². The maximum absolute atomic E-state index is 12.3. The molecule has 0 spiro atoms. The number of nitrogens with one attached hydrogen (secondary N) is 1. The standard InChI is InChI=1S/C11H14ClN3O4S/c12-8-2-1-3-10(15(16)17)11(8)20(18,19)14-9(6-13)7-4-5-7/h1-3,7,9,14H,4-6,13H2/t9-/m0/s1. The molecule has 2 rings (SSSR count). The first-order valence-electron chi connectivity index (χ1n) is 6.02. The molecule has 0 heterocycles. The molecular weight excluding hydrogens is 306 g/mol. The third kappa shape index (κ3) is 3.09. The van der Waals surface area contributed by atoms with E-state index in [1.807, 2.05) is 0 Å². The molecule has 1 fully saturated rings. The molecule has 110 valence electrons. The second-order valence-electron chi connectivity index (χ2n) is 4.65. The fraction of sp³-hybridized carbons (Fsp3) is 0.455. The smallest absolute Gasteiger partial charge is 0.290 e. The summed E-state index contributed by atoms with van der Waals surface area (Å²) in [6.07, 6.45) is 1.80. The molecule has 0 saturated heterocycles. The number of nitrogens with zero attached hydrogens (tertiary/aromatic N) is 1. The van der Waals surface area contributed by atoms with E-state index >= 15 is 0 Å². The summed E-state index contributed by atoms with van der Waals surface area (Å²) in [7, 11) is -4.09. The molecule has 0 aliphatic heterocycles. The van der Waals surface area contributed by atoms with Crippen molar-refractivity contribution in [1.29, 1.82) is 0 Å². The van der Waals surface area contributed by atoms with Gasteiger partial charge in [0.1, 0.15) is 0 Å². The third-order valence-corrected chi connectivity index (χ3v) is 5.17. The first kappa shape index (κ1) is 15.2. The highest BCUT2D eigenvalue weighted by Gasteiger charge is 2.36. The SMILES string of the molecule is NC[C@H](NS(=O)(=O)c1c(Cl)cccc1[N+](=O)[O-])C1CC1. The van der Waals surface area contributed by atoms with Crippen LogP contribution in [-0.4, -0.2) is 25.9 Å². The molecule has 0 amide bonds. The summed E-state index contributed by atoms with van der Waals surface area (Å²) in [5.41, 5.74) is 5.00. The van der Waals surface area contributed by atoms with Gasteiger partial charge in [-0.05, 0) is 24.8 Å². The first-order valence-corrected chi connectivity index (χ1v) is 7.88. The average molecular weight is 320 g/mol. The molecule has 1 atom stereocenters. The highest BCUT2D eigenvalue weighted by Crippen LogP contribution is 2.35. The fourth-order valence-corrected chi connectivity index (χ4v) is 4.02. The van der Waals surface area contributed by atoms with E-state index in [0.717, 1.165) is 18.9 Å². The molecule has 0 bridgehead atoms. The summed E-state index contributed by atoms with van der Waals surface area (Å²) in [5.74, 6) is 0.191. The molecule has 0 aromatic heterocycles. The van der Waals surface area contributed by atoms with Gasteiger partial charge >= 0.3 is 0 Å². The van der Waals surface area contributed by atoms with Crippen molar-refractivity contribution in [3.8, 4) is 0 Å². The number of nitro benzene ring substituents is 1. The number of sulfonamides is 1.